The smallest absolute Gasteiger partial charge is 0.244 e. The number of benzene rings is 2. The van der Waals surface area contributed by atoms with Crippen molar-refractivity contribution in [3.63, 3.8) is 0 Å². The highest BCUT2D eigenvalue weighted by Gasteiger charge is 2.45. The molecule has 1 heterocycles. The minimum atomic E-state index is -0.754. The van der Waals surface area contributed by atoms with Gasteiger partial charge in [-0.25, -0.2) is 0 Å². The first kappa shape index (κ1) is 20.6. The van der Waals surface area contributed by atoms with Gasteiger partial charge in [-0.05, 0) is 35.8 Å². The maximum atomic E-state index is 13.1. The fourth-order valence-corrected chi connectivity index (χ4v) is 4.07. The van der Waals surface area contributed by atoms with Gasteiger partial charge < -0.3 is 10.0 Å². The molecule has 1 fully saturated rings. The lowest BCUT2D eigenvalue weighted by Gasteiger charge is -2.36. The molecule has 2 N–H and O–H groups in total. The van der Waals surface area contributed by atoms with Gasteiger partial charge in [0.1, 0.15) is 6.04 Å². The maximum Gasteiger partial charge on any atom is 0.244 e. The predicted molar refractivity (Wildman–Crippen MR) is 112 cm³/mol. The fraction of sp³-hybridized carbons (Fsp3) is 0.458. The first-order chi connectivity index (χ1) is 13.3. The van der Waals surface area contributed by atoms with Crippen LogP contribution >= 0.6 is 0 Å². The highest BCUT2D eigenvalue weighted by molar-refractivity contribution is 5.85. The second-order valence-electron chi connectivity index (χ2n) is 8.92. The van der Waals surface area contributed by atoms with Gasteiger partial charge in [-0.15, -0.1) is 0 Å². The summed E-state index contributed by atoms with van der Waals surface area (Å²) in [7, 11) is 0. The summed E-state index contributed by atoms with van der Waals surface area (Å²) in [5, 5.41) is 14.6. The van der Waals surface area contributed by atoms with Crippen molar-refractivity contribution in [3.05, 3.63) is 71.8 Å². The monoisotopic (exact) mass is 380 g/mol. The minimum absolute atomic E-state index is 0.0221. The van der Waals surface area contributed by atoms with E-state index in [0.29, 0.717) is 6.54 Å². The Kier molecular flexibility index (Phi) is 6.21. The molecule has 4 unspecified atom stereocenters. The number of carbonyl (C=O) groups excluding carboxylic acids is 1. The van der Waals surface area contributed by atoms with Gasteiger partial charge in [0.05, 0.1) is 12.3 Å². The molecule has 2 aromatic carbocycles. The van der Waals surface area contributed by atoms with E-state index in [1.807, 2.05) is 60.4 Å². The van der Waals surface area contributed by atoms with Crippen LogP contribution in [0, 0.1) is 11.3 Å². The van der Waals surface area contributed by atoms with Crippen LogP contribution in [0.3, 0.4) is 0 Å². The number of nitrogens with one attached hydrogen (secondary N) is 1. The molecule has 28 heavy (non-hydrogen) atoms. The molecule has 0 bridgehead atoms. The number of hydrogen-bond donors (Lipinski definition) is 2. The van der Waals surface area contributed by atoms with E-state index < -0.39 is 12.1 Å². The largest absolute Gasteiger partial charge is 0.391 e. The summed E-state index contributed by atoms with van der Waals surface area (Å²) in [6, 6.07) is 19.6. The van der Waals surface area contributed by atoms with Crippen LogP contribution in [0.15, 0.2) is 60.7 Å². The van der Waals surface area contributed by atoms with E-state index in [2.05, 4.69) is 38.2 Å². The van der Waals surface area contributed by atoms with Crippen molar-refractivity contribution in [3.8, 4) is 0 Å². The zero-order valence-corrected chi connectivity index (χ0v) is 17.3. The fourth-order valence-electron chi connectivity index (χ4n) is 4.07. The van der Waals surface area contributed by atoms with E-state index in [0.717, 1.165) is 12.0 Å². The van der Waals surface area contributed by atoms with Crippen LogP contribution in [0.1, 0.15) is 38.8 Å². The quantitative estimate of drug-likeness (QED) is 0.805. The van der Waals surface area contributed by atoms with Gasteiger partial charge in [0, 0.05) is 6.54 Å². The molecule has 1 aliphatic heterocycles. The zero-order chi connectivity index (χ0) is 20.3. The molecule has 1 saturated heterocycles. The SMILES string of the molecule is CC1NC(C(O)C(Cc2ccccc2)C(C)(C)C)C(=O)N1Cc1ccccc1. The first-order valence-corrected chi connectivity index (χ1v) is 10.1. The van der Waals surface area contributed by atoms with Crippen LogP contribution in [-0.4, -0.2) is 34.2 Å². The number of hydrogen-bond acceptors (Lipinski definition) is 3. The molecule has 0 saturated carbocycles. The maximum absolute atomic E-state index is 13.1. The average Bonchev–Trinajstić information content (AvgIpc) is 2.95. The van der Waals surface area contributed by atoms with Crippen molar-refractivity contribution in [2.45, 2.75) is 59.0 Å². The minimum Gasteiger partial charge on any atom is -0.391 e. The van der Waals surface area contributed by atoms with Gasteiger partial charge in [-0.2, -0.15) is 0 Å². The third kappa shape index (κ3) is 4.62. The molecule has 1 amide bonds. The molecule has 4 heteroatoms. The zero-order valence-electron chi connectivity index (χ0n) is 17.3. The second-order valence-corrected chi connectivity index (χ2v) is 8.92. The molecule has 4 atom stereocenters. The van der Waals surface area contributed by atoms with Gasteiger partial charge >= 0.3 is 0 Å². The van der Waals surface area contributed by atoms with Crippen molar-refractivity contribution in [1.82, 2.24) is 10.2 Å². The van der Waals surface area contributed by atoms with E-state index in [1.165, 1.54) is 5.56 Å². The lowest BCUT2D eigenvalue weighted by Crippen LogP contribution is -2.49. The van der Waals surface area contributed by atoms with Crippen LogP contribution in [0.25, 0.3) is 0 Å². The van der Waals surface area contributed by atoms with Crippen LogP contribution in [0.2, 0.25) is 0 Å². The van der Waals surface area contributed by atoms with Crippen molar-refractivity contribution < 1.29 is 9.90 Å². The number of aliphatic hydroxyl groups is 1. The van der Waals surface area contributed by atoms with E-state index >= 15 is 0 Å². The van der Waals surface area contributed by atoms with E-state index in [4.69, 9.17) is 0 Å². The molecule has 0 spiro atoms. The van der Waals surface area contributed by atoms with Gasteiger partial charge in [-0.1, -0.05) is 81.4 Å². The van der Waals surface area contributed by atoms with Crippen LogP contribution in [0.4, 0.5) is 0 Å². The Morgan fingerprint density at radius 3 is 2.07 bits per heavy atom. The molecule has 0 radical (unpaired) electrons. The third-order valence-electron chi connectivity index (χ3n) is 5.80. The van der Waals surface area contributed by atoms with Crippen molar-refractivity contribution >= 4 is 5.91 Å². The molecular weight excluding hydrogens is 348 g/mol. The Labute approximate surface area is 168 Å². The molecule has 0 aromatic heterocycles. The van der Waals surface area contributed by atoms with Gasteiger partial charge in [0.25, 0.3) is 0 Å². The summed E-state index contributed by atoms with van der Waals surface area (Å²) in [5.41, 5.74) is 2.14. The van der Waals surface area contributed by atoms with Gasteiger partial charge in [0.15, 0.2) is 0 Å². The van der Waals surface area contributed by atoms with Crippen LogP contribution in [0.5, 0.6) is 0 Å². The lowest BCUT2D eigenvalue weighted by atomic mass is 9.72. The third-order valence-corrected chi connectivity index (χ3v) is 5.80. The molecule has 3 rings (SSSR count). The summed E-state index contributed by atoms with van der Waals surface area (Å²) >= 11 is 0. The lowest BCUT2D eigenvalue weighted by molar-refractivity contribution is -0.133. The normalized spacial score (nSPS) is 22.3. The highest BCUT2D eigenvalue weighted by Crippen LogP contribution is 2.34. The molecule has 4 nitrogen and oxygen atoms in total. The number of amides is 1. The number of carbonyl (C=O) groups is 1. The Balaban J connectivity index is 1.77. The second kappa shape index (κ2) is 8.46. The number of aliphatic hydroxyl groups excluding tert-OH is 1. The summed E-state index contributed by atoms with van der Waals surface area (Å²) in [4.78, 5) is 15.0. The topological polar surface area (TPSA) is 52.6 Å². The Morgan fingerprint density at radius 1 is 1.00 bits per heavy atom. The van der Waals surface area contributed by atoms with Crippen LogP contribution in [-0.2, 0) is 17.8 Å². The van der Waals surface area contributed by atoms with E-state index in [1.54, 1.807) is 0 Å². The summed E-state index contributed by atoms with van der Waals surface area (Å²) in [6.07, 6.45) is -0.120. The van der Waals surface area contributed by atoms with Crippen LogP contribution < -0.4 is 5.32 Å². The average molecular weight is 381 g/mol. The van der Waals surface area contributed by atoms with Gasteiger partial charge in [-0.3, -0.25) is 10.1 Å². The predicted octanol–water partition coefficient (Wildman–Crippen LogP) is 3.60. The van der Waals surface area contributed by atoms with Crippen molar-refractivity contribution in [2.75, 3.05) is 0 Å². The first-order valence-electron chi connectivity index (χ1n) is 10.1. The van der Waals surface area contributed by atoms with E-state index in [-0.39, 0.29) is 23.4 Å². The summed E-state index contributed by atoms with van der Waals surface area (Å²) in [6.45, 7) is 8.93. The molecular formula is C24H32N2O2. The Hall–Kier alpha value is -2.17. The van der Waals surface area contributed by atoms with Crippen molar-refractivity contribution in [1.29, 1.82) is 0 Å². The van der Waals surface area contributed by atoms with E-state index in [9.17, 15) is 9.90 Å². The molecule has 0 aliphatic carbocycles. The Morgan fingerprint density at radius 2 is 1.54 bits per heavy atom. The molecule has 2 aromatic rings. The highest BCUT2D eigenvalue weighted by atomic mass is 16.3. The summed E-state index contributed by atoms with van der Waals surface area (Å²) in [5.74, 6) is -0.0635. The Bertz CT molecular complexity index is 770. The number of nitrogens with zero attached hydrogens (tertiary/aromatic N) is 1. The van der Waals surface area contributed by atoms with Crippen molar-refractivity contribution in [2.24, 2.45) is 11.3 Å². The van der Waals surface area contributed by atoms with Gasteiger partial charge in [0.2, 0.25) is 5.91 Å². The number of rotatable bonds is 6. The molecule has 150 valence electrons. The standard InChI is InChI=1S/C24H32N2O2/c1-17-25-21(23(28)26(17)16-19-13-9-6-10-14-19)22(27)20(24(2,3)4)15-18-11-7-5-8-12-18/h5-14,17,20-22,25,27H,15-16H2,1-4H3. The summed E-state index contributed by atoms with van der Waals surface area (Å²) < 4.78 is 0. The molecule has 1 aliphatic rings.